The van der Waals surface area contributed by atoms with Crippen molar-refractivity contribution >= 4 is 18.4 Å². The topological polar surface area (TPSA) is 60.1 Å². The van der Waals surface area contributed by atoms with Gasteiger partial charge in [-0.2, -0.15) is 23.7 Å². The summed E-state index contributed by atoms with van der Waals surface area (Å²) in [6.45, 7) is 6.57. The number of hydrogen-bond acceptors (Lipinski definition) is 4. The van der Waals surface area contributed by atoms with E-state index in [1.165, 1.54) is 22.5 Å². The molecule has 3 aromatic rings. The number of alkyl halides is 2. The van der Waals surface area contributed by atoms with Gasteiger partial charge in [-0.25, -0.2) is 5.10 Å². The molecule has 2 aromatic heterocycles. The number of nitrogens with one attached hydrogen (secondary N) is 1. The second-order valence-electron chi connectivity index (χ2n) is 7.14. The fourth-order valence-electron chi connectivity index (χ4n) is 3.10. The third-order valence-electron chi connectivity index (χ3n) is 4.46. The first-order valence-corrected chi connectivity index (χ1v) is 9.61. The third-order valence-corrected chi connectivity index (χ3v) is 4.73. The van der Waals surface area contributed by atoms with E-state index in [1.54, 1.807) is 18.3 Å². The lowest BCUT2D eigenvalue weighted by atomic mass is 10.2. The van der Waals surface area contributed by atoms with Gasteiger partial charge < -0.3 is 9.30 Å². The van der Waals surface area contributed by atoms with E-state index in [4.69, 9.17) is 12.2 Å². The highest BCUT2D eigenvalue weighted by Gasteiger charge is 2.12. The molecule has 2 heterocycles. The molecule has 9 heteroatoms. The zero-order valence-electron chi connectivity index (χ0n) is 16.7. The van der Waals surface area contributed by atoms with E-state index < -0.39 is 6.61 Å². The Morgan fingerprint density at radius 1 is 1.24 bits per heavy atom. The highest BCUT2D eigenvalue weighted by atomic mass is 32.1. The highest BCUT2D eigenvalue weighted by molar-refractivity contribution is 7.71. The summed E-state index contributed by atoms with van der Waals surface area (Å²) < 4.78 is 33.1. The molecule has 0 spiro atoms. The number of rotatable bonds is 7. The summed E-state index contributed by atoms with van der Waals surface area (Å²) in [5.41, 5.74) is 3.97. The number of aromatic amines is 1. The molecule has 0 aliphatic heterocycles. The standard InChI is InChI=1S/C20H23F2N5OS/c1-12(2)11-26-13(3)9-16(14(26)4)10-23-27-18(24-25-20(27)29)15-5-7-17(8-6-15)28-19(21)22/h5-10,12,19H,11H2,1-4H3,(H,25,29)/b23-10+. The molecular formula is C20H23F2N5OS. The second kappa shape index (κ2) is 8.69. The number of halogens is 2. The average Bonchev–Trinajstić information content (AvgIpc) is 3.14. The van der Waals surface area contributed by atoms with Crippen LogP contribution < -0.4 is 4.74 Å². The van der Waals surface area contributed by atoms with Gasteiger partial charge in [0.05, 0.1) is 6.21 Å². The molecule has 154 valence electrons. The van der Waals surface area contributed by atoms with Crippen molar-refractivity contribution in [1.29, 1.82) is 0 Å². The molecule has 0 radical (unpaired) electrons. The van der Waals surface area contributed by atoms with Crippen molar-refractivity contribution < 1.29 is 13.5 Å². The van der Waals surface area contributed by atoms with Crippen molar-refractivity contribution in [2.75, 3.05) is 0 Å². The minimum atomic E-state index is -2.87. The molecule has 1 aromatic carbocycles. The lowest BCUT2D eigenvalue weighted by molar-refractivity contribution is -0.0498. The van der Waals surface area contributed by atoms with Gasteiger partial charge >= 0.3 is 6.61 Å². The summed E-state index contributed by atoms with van der Waals surface area (Å²) in [6, 6.07) is 8.24. The van der Waals surface area contributed by atoms with E-state index in [0.29, 0.717) is 22.1 Å². The minimum Gasteiger partial charge on any atom is -0.435 e. The first-order chi connectivity index (χ1) is 13.8. The van der Waals surface area contributed by atoms with Crippen LogP contribution in [0.15, 0.2) is 35.4 Å². The lowest BCUT2D eigenvalue weighted by Gasteiger charge is -2.11. The molecule has 0 aliphatic rings. The van der Waals surface area contributed by atoms with Crippen molar-refractivity contribution in [3.8, 4) is 17.1 Å². The van der Waals surface area contributed by atoms with E-state index in [1.807, 2.05) is 0 Å². The predicted molar refractivity (Wildman–Crippen MR) is 111 cm³/mol. The van der Waals surface area contributed by atoms with Crippen LogP contribution in [0.1, 0.15) is 30.8 Å². The van der Waals surface area contributed by atoms with Crippen LogP contribution >= 0.6 is 12.2 Å². The Kier molecular flexibility index (Phi) is 6.26. The van der Waals surface area contributed by atoms with Crippen molar-refractivity contribution in [3.05, 3.63) is 52.1 Å². The lowest BCUT2D eigenvalue weighted by Crippen LogP contribution is -2.08. The van der Waals surface area contributed by atoms with Gasteiger partial charge in [-0.15, -0.1) is 0 Å². The molecule has 3 rings (SSSR count). The first-order valence-electron chi connectivity index (χ1n) is 9.20. The smallest absolute Gasteiger partial charge is 0.387 e. The second-order valence-corrected chi connectivity index (χ2v) is 7.53. The molecule has 0 bridgehead atoms. The van der Waals surface area contributed by atoms with Crippen LogP contribution in [-0.4, -0.2) is 32.3 Å². The molecule has 0 saturated heterocycles. The van der Waals surface area contributed by atoms with Gasteiger partial charge in [-0.3, -0.25) is 0 Å². The normalized spacial score (nSPS) is 11.9. The summed E-state index contributed by atoms with van der Waals surface area (Å²) in [6.07, 6.45) is 1.75. The predicted octanol–water partition coefficient (Wildman–Crippen LogP) is 5.17. The Hall–Kier alpha value is -2.81. The Bertz CT molecular complexity index is 1060. The molecule has 0 fully saturated rings. The van der Waals surface area contributed by atoms with Crippen LogP contribution in [0, 0.1) is 24.5 Å². The van der Waals surface area contributed by atoms with Gasteiger partial charge in [0.25, 0.3) is 0 Å². The van der Waals surface area contributed by atoms with Gasteiger partial charge in [0.2, 0.25) is 4.77 Å². The number of ether oxygens (including phenoxy) is 1. The molecule has 0 unspecified atom stereocenters. The van der Waals surface area contributed by atoms with E-state index >= 15 is 0 Å². The monoisotopic (exact) mass is 419 g/mol. The van der Waals surface area contributed by atoms with Crippen LogP contribution in [-0.2, 0) is 6.54 Å². The van der Waals surface area contributed by atoms with Gasteiger partial charge in [-0.1, -0.05) is 13.8 Å². The molecule has 6 nitrogen and oxygen atoms in total. The summed E-state index contributed by atoms with van der Waals surface area (Å²) in [5, 5.41) is 11.4. The Labute approximate surface area is 172 Å². The number of aromatic nitrogens is 4. The van der Waals surface area contributed by atoms with Crippen molar-refractivity contribution in [3.63, 3.8) is 0 Å². The fourth-order valence-corrected chi connectivity index (χ4v) is 3.27. The fraction of sp³-hybridized carbons (Fsp3) is 0.350. The van der Waals surface area contributed by atoms with Crippen LogP contribution in [0.4, 0.5) is 8.78 Å². The first kappa shape index (κ1) is 20.9. The quantitative estimate of drug-likeness (QED) is 0.425. The zero-order chi connectivity index (χ0) is 21.1. The van der Waals surface area contributed by atoms with E-state index in [0.717, 1.165) is 17.8 Å². The van der Waals surface area contributed by atoms with Crippen molar-refractivity contribution in [1.82, 2.24) is 19.4 Å². The molecular weight excluding hydrogens is 396 g/mol. The maximum absolute atomic E-state index is 12.3. The van der Waals surface area contributed by atoms with Crippen molar-refractivity contribution in [2.24, 2.45) is 11.0 Å². The molecule has 0 atom stereocenters. The number of benzene rings is 1. The van der Waals surface area contributed by atoms with Gasteiger partial charge in [0.15, 0.2) is 5.82 Å². The van der Waals surface area contributed by atoms with E-state index in [-0.39, 0.29) is 5.75 Å². The Balaban J connectivity index is 1.90. The van der Waals surface area contributed by atoms with Gasteiger partial charge in [0.1, 0.15) is 5.75 Å². The van der Waals surface area contributed by atoms with Crippen LogP contribution in [0.3, 0.4) is 0 Å². The van der Waals surface area contributed by atoms with E-state index in [2.05, 4.69) is 58.4 Å². The highest BCUT2D eigenvalue weighted by Crippen LogP contribution is 2.22. The average molecular weight is 420 g/mol. The largest absolute Gasteiger partial charge is 0.435 e. The maximum atomic E-state index is 12.3. The van der Waals surface area contributed by atoms with Gasteiger partial charge in [0, 0.05) is 29.1 Å². The number of aryl methyl sites for hydroxylation is 1. The SMILES string of the molecule is Cc1cc(/C=N/n2c(-c3ccc(OC(F)F)cc3)n[nH]c2=S)c(C)n1CC(C)C. The minimum absolute atomic E-state index is 0.0746. The van der Waals surface area contributed by atoms with Crippen LogP contribution in [0.2, 0.25) is 0 Å². The Morgan fingerprint density at radius 2 is 1.93 bits per heavy atom. The van der Waals surface area contributed by atoms with E-state index in [9.17, 15) is 8.78 Å². The maximum Gasteiger partial charge on any atom is 0.387 e. The summed E-state index contributed by atoms with van der Waals surface area (Å²) in [4.78, 5) is 0. The molecule has 29 heavy (non-hydrogen) atoms. The van der Waals surface area contributed by atoms with Crippen LogP contribution in [0.25, 0.3) is 11.4 Å². The molecule has 1 N–H and O–H groups in total. The summed E-state index contributed by atoms with van der Waals surface area (Å²) in [5.74, 6) is 1.09. The molecule has 0 amide bonds. The third kappa shape index (κ3) is 4.79. The van der Waals surface area contributed by atoms with Crippen molar-refractivity contribution in [2.45, 2.75) is 40.9 Å². The Morgan fingerprint density at radius 3 is 2.55 bits per heavy atom. The summed E-state index contributed by atoms with van der Waals surface area (Å²) >= 11 is 5.29. The summed E-state index contributed by atoms with van der Waals surface area (Å²) in [7, 11) is 0. The number of H-pyrrole nitrogens is 1. The van der Waals surface area contributed by atoms with Gasteiger partial charge in [-0.05, 0) is 62.3 Å². The number of hydrogen-bond donors (Lipinski definition) is 1. The van der Waals surface area contributed by atoms with Crippen LogP contribution in [0.5, 0.6) is 5.75 Å². The number of nitrogens with zero attached hydrogens (tertiary/aromatic N) is 4. The molecule has 0 saturated carbocycles. The zero-order valence-corrected chi connectivity index (χ0v) is 17.5. The molecule has 0 aliphatic carbocycles.